The molecule has 2 heterocycles. The van der Waals surface area contributed by atoms with E-state index in [1.165, 1.54) is 10.6 Å². The number of piperidine rings is 1. The predicted octanol–water partition coefficient (Wildman–Crippen LogP) is 2.31. The summed E-state index contributed by atoms with van der Waals surface area (Å²) in [7, 11) is -3.24. The van der Waals surface area contributed by atoms with Crippen LogP contribution in [0.5, 0.6) is 0 Å². The van der Waals surface area contributed by atoms with Crippen molar-refractivity contribution >= 4 is 39.1 Å². The zero-order valence-corrected chi connectivity index (χ0v) is 17.7. The second-order valence-corrected chi connectivity index (χ2v) is 10.1. The lowest BCUT2D eigenvalue weighted by Crippen LogP contribution is -2.52. The highest BCUT2D eigenvalue weighted by atomic mass is 35.5. The molecule has 2 fully saturated rings. The fourth-order valence-corrected chi connectivity index (χ4v) is 4.96. The average molecular weight is 434 g/mol. The summed E-state index contributed by atoms with van der Waals surface area (Å²) in [5, 5.41) is 1.10. The first-order chi connectivity index (χ1) is 12.7. The van der Waals surface area contributed by atoms with E-state index in [2.05, 4.69) is 4.90 Å². The average Bonchev–Trinajstić information content (AvgIpc) is 2.64. The molecule has 1 aromatic rings. The molecule has 6 nitrogen and oxygen atoms in total. The monoisotopic (exact) mass is 433 g/mol. The van der Waals surface area contributed by atoms with E-state index in [1.54, 1.807) is 6.07 Å². The van der Waals surface area contributed by atoms with E-state index < -0.39 is 10.0 Å². The summed E-state index contributed by atoms with van der Waals surface area (Å²) in [6.45, 7) is 4.49. The highest BCUT2D eigenvalue weighted by Crippen LogP contribution is 2.24. The molecule has 0 radical (unpaired) electrons. The van der Waals surface area contributed by atoms with Crippen LogP contribution in [0.1, 0.15) is 18.4 Å². The molecule has 9 heteroatoms. The van der Waals surface area contributed by atoms with Crippen molar-refractivity contribution in [2.75, 3.05) is 45.5 Å². The van der Waals surface area contributed by atoms with Gasteiger partial charge in [0.05, 0.1) is 22.2 Å². The third kappa shape index (κ3) is 5.35. The number of amides is 1. The number of benzene rings is 1. The molecule has 0 aromatic heterocycles. The number of hydrogen-bond acceptors (Lipinski definition) is 4. The molecule has 0 bridgehead atoms. The van der Waals surface area contributed by atoms with Crippen molar-refractivity contribution in [1.29, 1.82) is 0 Å². The number of rotatable bonds is 4. The van der Waals surface area contributed by atoms with Crippen LogP contribution in [0.2, 0.25) is 10.0 Å². The summed E-state index contributed by atoms with van der Waals surface area (Å²) in [5.41, 5.74) is 1.10. The number of carbonyl (C=O) groups excluding carboxylic acids is 1. The van der Waals surface area contributed by atoms with Crippen LogP contribution in [0.3, 0.4) is 0 Å². The quantitative estimate of drug-likeness (QED) is 0.730. The van der Waals surface area contributed by atoms with Gasteiger partial charge in [-0.25, -0.2) is 12.7 Å². The molecule has 0 spiro atoms. The Morgan fingerprint density at radius 1 is 1.11 bits per heavy atom. The number of halogens is 2. The van der Waals surface area contributed by atoms with Crippen LogP contribution >= 0.6 is 23.2 Å². The second kappa shape index (κ2) is 8.66. The minimum atomic E-state index is -3.24. The molecule has 0 N–H and O–H groups in total. The maximum atomic E-state index is 12.8. The van der Waals surface area contributed by atoms with Crippen LogP contribution in [0.4, 0.5) is 0 Å². The molecule has 2 saturated heterocycles. The summed E-state index contributed by atoms with van der Waals surface area (Å²) >= 11 is 12.0. The Balaban J connectivity index is 1.52. The molecule has 2 aliphatic rings. The van der Waals surface area contributed by atoms with Crippen molar-refractivity contribution in [2.45, 2.75) is 19.4 Å². The standard InChI is InChI=1S/C18H25Cl2N3O3S/c1-27(25,26)23-6-2-3-15(13-23)18(24)22-9-7-21(8-10-22)12-14-4-5-16(19)17(20)11-14/h4-5,11,15H,2-3,6-10,12-13H2,1H3/t15-/m0/s1. The first-order valence-electron chi connectivity index (χ1n) is 9.14. The third-order valence-corrected chi connectivity index (χ3v) is 7.29. The highest BCUT2D eigenvalue weighted by molar-refractivity contribution is 7.88. The SMILES string of the molecule is CS(=O)(=O)N1CCC[C@H](C(=O)N2CCN(Cc3ccc(Cl)c(Cl)c3)CC2)C1. The van der Waals surface area contributed by atoms with Crippen LogP contribution in [-0.4, -0.2) is 74.0 Å². The number of piperazine rings is 1. The van der Waals surface area contributed by atoms with Crippen LogP contribution in [-0.2, 0) is 21.4 Å². The van der Waals surface area contributed by atoms with E-state index in [0.29, 0.717) is 36.2 Å². The van der Waals surface area contributed by atoms with Crippen molar-refractivity contribution in [1.82, 2.24) is 14.1 Å². The lowest BCUT2D eigenvalue weighted by molar-refractivity contribution is -0.138. The van der Waals surface area contributed by atoms with Gasteiger partial charge >= 0.3 is 0 Å². The van der Waals surface area contributed by atoms with E-state index in [-0.39, 0.29) is 11.8 Å². The Hall–Kier alpha value is -0.860. The molecule has 3 rings (SSSR count). The Kier molecular flexibility index (Phi) is 6.69. The first-order valence-corrected chi connectivity index (χ1v) is 11.7. The lowest BCUT2D eigenvalue weighted by Gasteiger charge is -2.38. The zero-order valence-electron chi connectivity index (χ0n) is 15.4. The fourth-order valence-electron chi connectivity index (χ4n) is 3.73. The summed E-state index contributed by atoms with van der Waals surface area (Å²) in [4.78, 5) is 17.0. The molecule has 1 amide bonds. The molecule has 0 saturated carbocycles. The minimum Gasteiger partial charge on any atom is -0.340 e. The van der Waals surface area contributed by atoms with Gasteiger partial charge in [0.15, 0.2) is 0 Å². The minimum absolute atomic E-state index is 0.0811. The van der Waals surface area contributed by atoms with Crippen molar-refractivity contribution < 1.29 is 13.2 Å². The smallest absolute Gasteiger partial charge is 0.227 e. The molecule has 1 atom stereocenters. The zero-order chi connectivity index (χ0) is 19.6. The normalized spacial score (nSPS) is 22.8. The van der Waals surface area contributed by atoms with Crippen LogP contribution < -0.4 is 0 Å². The maximum Gasteiger partial charge on any atom is 0.227 e. The number of carbonyl (C=O) groups is 1. The predicted molar refractivity (Wildman–Crippen MR) is 107 cm³/mol. The van der Waals surface area contributed by atoms with Gasteiger partial charge in [-0.1, -0.05) is 29.3 Å². The van der Waals surface area contributed by atoms with E-state index in [4.69, 9.17) is 23.2 Å². The Morgan fingerprint density at radius 3 is 2.44 bits per heavy atom. The summed E-state index contributed by atoms with van der Waals surface area (Å²) in [5.74, 6) is -0.146. The number of nitrogens with zero attached hydrogens (tertiary/aromatic N) is 3. The van der Waals surface area contributed by atoms with Crippen molar-refractivity contribution in [2.24, 2.45) is 5.92 Å². The highest BCUT2D eigenvalue weighted by Gasteiger charge is 2.33. The van der Waals surface area contributed by atoms with Crippen LogP contribution in [0.15, 0.2) is 18.2 Å². The Labute approximate surface area is 171 Å². The molecule has 0 unspecified atom stereocenters. The van der Waals surface area contributed by atoms with Gasteiger partial charge in [-0.2, -0.15) is 0 Å². The number of sulfonamides is 1. The molecular formula is C18H25Cl2N3O3S. The number of hydrogen-bond donors (Lipinski definition) is 0. The summed E-state index contributed by atoms with van der Waals surface area (Å²) in [6, 6.07) is 5.65. The van der Waals surface area contributed by atoms with Gasteiger partial charge in [0.1, 0.15) is 0 Å². The third-order valence-electron chi connectivity index (χ3n) is 5.28. The summed E-state index contributed by atoms with van der Waals surface area (Å²) < 4.78 is 25.0. The molecular weight excluding hydrogens is 409 g/mol. The molecule has 27 heavy (non-hydrogen) atoms. The van der Waals surface area contributed by atoms with Crippen molar-refractivity contribution in [3.05, 3.63) is 33.8 Å². The molecule has 2 aliphatic heterocycles. The van der Waals surface area contributed by atoms with Gasteiger partial charge in [-0.05, 0) is 30.5 Å². The topological polar surface area (TPSA) is 60.9 Å². The van der Waals surface area contributed by atoms with Gasteiger partial charge in [-0.15, -0.1) is 0 Å². The van der Waals surface area contributed by atoms with E-state index in [0.717, 1.165) is 38.0 Å². The van der Waals surface area contributed by atoms with E-state index >= 15 is 0 Å². The van der Waals surface area contributed by atoms with Crippen molar-refractivity contribution in [3.8, 4) is 0 Å². The Bertz CT molecular complexity index is 795. The van der Waals surface area contributed by atoms with Gasteiger partial charge in [0, 0.05) is 45.8 Å². The van der Waals surface area contributed by atoms with Crippen LogP contribution in [0.25, 0.3) is 0 Å². The van der Waals surface area contributed by atoms with E-state index in [1.807, 2.05) is 17.0 Å². The lowest BCUT2D eigenvalue weighted by atomic mass is 9.97. The van der Waals surface area contributed by atoms with Crippen molar-refractivity contribution in [3.63, 3.8) is 0 Å². The Morgan fingerprint density at radius 2 is 1.81 bits per heavy atom. The van der Waals surface area contributed by atoms with E-state index in [9.17, 15) is 13.2 Å². The molecule has 1 aromatic carbocycles. The van der Waals surface area contributed by atoms with Gasteiger partial charge < -0.3 is 4.90 Å². The van der Waals surface area contributed by atoms with Crippen LogP contribution in [0, 0.1) is 5.92 Å². The first kappa shape index (κ1) is 20.9. The van der Waals surface area contributed by atoms with Gasteiger partial charge in [0.2, 0.25) is 15.9 Å². The van der Waals surface area contributed by atoms with Gasteiger partial charge in [0.25, 0.3) is 0 Å². The van der Waals surface area contributed by atoms with Gasteiger partial charge in [-0.3, -0.25) is 9.69 Å². The second-order valence-electron chi connectivity index (χ2n) is 7.31. The molecule has 0 aliphatic carbocycles. The maximum absolute atomic E-state index is 12.8. The molecule has 150 valence electrons. The summed E-state index contributed by atoms with van der Waals surface area (Å²) in [6.07, 6.45) is 2.71. The largest absolute Gasteiger partial charge is 0.340 e. The fraction of sp³-hybridized carbons (Fsp3) is 0.611.